The van der Waals surface area contributed by atoms with Crippen LogP contribution >= 0.6 is 0 Å². The maximum atomic E-state index is 12.0. The number of rotatable bonds is 7. The molecule has 7 heteroatoms. The fourth-order valence-electron chi connectivity index (χ4n) is 1.72. The van der Waals surface area contributed by atoms with Crippen LogP contribution in [0.25, 0.3) is 6.08 Å². The third kappa shape index (κ3) is 5.43. The van der Waals surface area contributed by atoms with Crippen molar-refractivity contribution in [3.05, 3.63) is 46.0 Å². The zero-order valence-electron chi connectivity index (χ0n) is 11.8. The lowest BCUT2D eigenvalue weighted by Crippen LogP contribution is -2.31. The van der Waals surface area contributed by atoms with Gasteiger partial charge in [0.15, 0.2) is 0 Å². The van der Waals surface area contributed by atoms with Gasteiger partial charge in [-0.05, 0) is 11.6 Å². The Morgan fingerprint density at radius 2 is 1.91 bits per heavy atom. The van der Waals surface area contributed by atoms with Gasteiger partial charge in [-0.1, -0.05) is 12.1 Å². The van der Waals surface area contributed by atoms with Crippen molar-refractivity contribution in [1.82, 2.24) is 4.90 Å². The van der Waals surface area contributed by atoms with Gasteiger partial charge >= 0.3 is 0 Å². The number of nitrogens with zero attached hydrogens (tertiary/aromatic N) is 4. The van der Waals surface area contributed by atoms with Crippen molar-refractivity contribution >= 4 is 17.7 Å². The molecule has 0 N–H and O–H groups in total. The first-order valence-electron chi connectivity index (χ1n) is 6.54. The van der Waals surface area contributed by atoms with Gasteiger partial charge < -0.3 is 4.90 Å². The van der Waals surface area contributed by atoms with Crippen molar-refractivity contribution in [3.8, 4) is 12.1 Å². The molecule has 22 heavy (non-hydrogen) atoms. The SMILES string of the molecule is N#CCCN(CCC#N)C(=O)C=Cc1cccc([N+](=O)[O-])c1. The largest absolute Gasteiger partial charge is 0.337 e. The van der Waals surface area contributed by atoms with E-state index in [1.807, 2.05) is 12.1 Å². The lowest BCUT2D eigenvalue weighted by atomic mass is 10.2. The summed E-state index contributed by atoms with van der Waals surface area (Å²) < 4.78 is 0. The highest BCUT2D eigenvalue weighted by molar-refractivity contribution is 5.91. The van der Waals surface area contributed by atoms with Crippen LogP contribution in [0, 0.1) is 32.8 Å². The molecule has 0 spiro atoms. The Hall–Kier alpha value is -3.19. The molecule has 0 unspecified atom stereocenters. The maximum absolute atomic E-state index is 12.0. The molecule has 0 saturated carbocycles. The summed E-state index contributed by atoms with van der Waals surface area (Å²) in [5, 5.41) is 27.8. The summed E-state index contributed by atoms with van der Waals surface area (Å²) in [6, 6.07) is 9.80. The Balaban J connectivity index is 2.79. The number of nitro benzene ring substituents is 1. The molecule has 7 nitrogen and oxygen atoms in total. The van der Waals surface area contributed by atoms with Crippen LogP contribution in [0.3, 0.4) is 0 Å². The number of nitriles is 2. The van der Waals surface area contributed by atoms with E-state index >= 15 is 0 Å². The lowest BCUT2D eigenvalue weighted by Gasteiger charge is -2.18. The Labute approximate surface area is 127 Å². The zero-order valence-corrected chi connectivity index (χ0v) is 11.8. The van der Waals surface area contributed by atoms with E-state index in [9.17, 15) is 14.9 Å². The number of non-ortho nitro benzene ring substituents is 1. The molecule has 0 aliphatic rings. The molecule has 1 aromatic rings. The van der Waals surface area contributed by atoms with Crippen molar-refractivity contribution < 1.29 is 9.72 Å². The molecule has 0 aliphatic carbocycles. The van der Waals surface area contributed by atoms with Crippen LogP contribution in [0.4, 0.5) is 5.69 Å². The first kappa shape index (κ1) is 16.9. The molecule has 0 aromatic heterocycles. The first-order chi connectivity index (χ1) is 10.6. The molecule has 0 fully saturated rings. The van der Waals surface area contributed by atoms with Crippen LogP contribution in [0.5, 0.6) is 0 Å². The summed E-state index contributed by atoms with van der Waals surface area (Å²) in [4.78, 5) is 23.6. The number of benzene rings is 1. The zero-order chi connectivity index (χ0) is 16.4. The quantitative estimate of drug-likeness (QED) is 0.435. The average molecular weight is 298 g/mol. The molecule has 0 atom stereocenters. The van der Waals surface area contributed by atoms with Gasteiger partial charge in [-0.3, -0.25) is 14.9 Å². The summed E-state index contributed by atoms with van der Waals surface area (Å²) >= 11 is 0. The summed E-state index contributed by atoms with van der Waals surface area (Å²) in [6.07, 6.45) is 3.12. The second-order valence-corrected chi connectivity index (χ2v) is 4.33. The van der Waals surface area contributed by atoms with E-state index in [-0.39, 0.29) is 37.5 Å². The molecule has 1 amide bonds. The number of nitro groups is 1. The molecule has 0 aliphatic heterocycles. The van der Waals surface area contributed by atoms with E-state index in [1.165, 1.54) is 35.3 Å². The van der Waals surface area contributed by atoms with Crippen molar-refractivity contribution in [2.24, 2.45) is 0 Å². The predicted molar refractivity (Wildman–Crippen MR) is 79.2 cm³/mol. The fraction of sp³-hybridized carbons (Fsp3) is 0.267. The average Bonchev–Trinajstić information content (AvgIpc) is 2.53. The Kier molecular flexibility index (Phi) is 6.80. The summed E-state index contributed by atoms with van der Waals surface area (Å²) in [5.74, 6) is -0.336. The molecule has 0 heterocycles. The number of amides is 1. The van der Waals surface area contributed by atoms with Crippen LogP contribution in [-0.2, 0) is 4.79 Å². The van der Waals surface area contributed by atoms with Crippen molar-refractivity contribution in [3.63, 3.8) is 0 Å². The molecule has 112 valence electrons. The summed E-state index contributed by atoms with van der Waals surface area (Å²) in [7, 11) is 0. The summed E-state index contributed by atoms with van der Waals surface area (Å²) in [5.41, 5.74) is 0.475. The minimum absolute atomic E-state index is 0.0552. The molecular formula is C15H14N4O3. The van der Waals surface area contributed by atoms with Gasteiger partial charge in [0, 0.05) is 31.3 Å². The molecular weight excluding hydrogens is 284 g/mol. The highest BCUT2D eigenvalue weighted by Crippen LogP contribution is 2.14. The van der Waals surface area contributed by atoms with Crippen LogP contribution in [0.2, 0.25) is 0 Å². The fourth-order valence-corrected chi connectivity index (χ4v) is 1.72. The normalized spacial score (nSPS) is 9.91. The van der Waals surface area contributed by atoms with Crippen molar-refractivity contribution in [2.45, 2.75) is 12.8 Å². The van der Waals surface area contributed by atoms with Crippen molar-refractivity contribution in [1.29, 1.82) is 10.5 Å². The second-order valence-electron chi connectivity index (χ2n) is 4.33. The smallest absolute Gasteiger partial charge is 0.270 e. The standard InChI is InChI=1S/C15H14N4O3/c16-8-2-10-18(11-3-9-17)15(20)7-6-13-4-1-5-14(12-13)19(21)22/h1,4-7,12H,2-3,10-11H2. The van der Waals surface area contributed by atoms with E-state index in [4.69, 9.17) is 10.5 Å². The topological polar surface area (TPSA) is 111 Å². The minimum atomic E-state index is -0.509. The number of hydrogen-bond acceptors (Lipinski definition) is 5. The first-order valence-corrected chi connectivity index (χ1v) is 6.54. The third-order valence-corrected chi connectivity index (χ3v) is 2.80. The monoisotopic (exact) mass is 298 g/mol. The molecule has 0 saturated heterocycles. The van der Waals surface area contributed by atoms with Gasteiger partial charge in [0.25, 0.3) is 5.69 Å². The Morgan fingerprint density at radius 1 is 1.27 bits per heavy atom. The van der Waals surface area contributed by atoms with E-state index in [0.29, 0.717) is 5.56 Å². The third-order valence-electron chi connectivity index (χ3n) is 2.80. The van der Waals surface area contributed by atoms with E-state index in [2.05, 4.69) is 0 Å². The van der Waals surface area contributed by atoms with Gasteiger partial charge in [0.05, 0.1) is 29.9 Å². The highest BCUT2D eigenvalue weighted by Gasteiger charge is 2.10. The molecule has 0 bridgehead atoms. The van der Waals surface area contributed by atoms with Crippen molar-refractivity contribution in [2.75, 3.05) is 13.1 Å². The maximum Gasteiger partial charge on any atom is 0.270 e. The van der Waals surface area contributed by atoms with E-state index in [0.717, 1.165) is 0 Å². The van der Waals surface area contributed by atoms with Crippen LogP contribution < -0.4 is 0 Å². The van der Waals surface area contributed by atoms with Gasteiger partial charge in [-0.15, -0.1) is 0 Å². The van der Waals surface area contributed by atoms with Gasteiger partial charge in [0.1, 0.15) is 0 Å². The van der Waals surface area contributed by atoms with Crippen LogP contribution in [0.1, 0.15) is 18.4 Å². The van der Waals surface area contributed by atoms with Gasteiger partial charge in [-0.25, -0.2) is 0 Å². The van der Waals surface area contributed by atoms with Gasteiger partial charge in [0.2, 0.25) is 5.91 Å². The number of hydrogen-bond donors (Lipinski definition) is 0. The second kappa shape index (κ2) is 8.88. The molecule has 1 rings (SSSR count). The number of carbonyl (C=O) groups excluding carboxylic acids is 1. The van der Waals surface area contributed by atoms with Crippen LogP contribution in [0.15, 0.2) is 30.3 Å². The summed E-state index contributed by atoms with van der Waals surface area (Å²) in [6.45, 7) is 0.493. The van der Waals surface area contributed by atoms with Crippen LogP contribution in [-0.4, -0.2) is 28.8 Å². The molecule has 1 aromatic carbocycles. The highest BCUT2D eigenvalue weighted by atomic mass is 16.6. The van der Waals surface area contributed by atoms with E-state index in [1.54, 1.807) is 6.07 Å². The minimum Gasteiger partial charge on any atom is -0.337 e. The van der Waals surface area contributed by atoms with E-state index < -0.39 is 4.92 Å². The Morgan fingerprint density at radius 3 is 2.45 bits per heavy atom. The van der Waals surface area contributed by atoms with Gasteiger partial charge in [-0.2, -0.15) is 10.5 Å². The lowest BCUT2D eigenvalue weighted by molar-refractivity contribution is -0.384. The Bertz CT molecular complexity index is 637. The number of carbonyl (C=O) groups is 1. The predicted octanol–water partition coefficient (Wildman–Crippen LogP) is 2.26. The molecule has 0 radical (unpaired) electrons.